The van der Waals surface area contributed by atoms with Crippen LogP contribution in [0.3, 0.4) is 0 Å². The van der Waals surface area contributed by atoms with Gasteiger partial charge in [-0.1, -0.05) is 42.5 Å². The topological polar surface area (TPSA) is 102 Å². The number of esters is 1. The highest BCUT2D eigenvalue weighted by atomic mass is 16.7. The first-order chi connectivity index (χ1) is 17.3. The van der Waals surface area contributed by atoms with Crippen LogP contribution in [0, 0.1) is 11.8 Å². The maximum absolute atomic E-state index is 12.0. The molecule has 202 valence electrons. The van der Waals surface area contributed by atoms with Gasteiger partial charge in [-0.3, -0.25) is 4.79 Å². The minimum absolute atomic E-state index is 0.0560. The molecule has 7 heteroatoms. The molecule has 7 nitrogen and oxygen atoms in total. The van der Waals surface area contributed by atoms with Crippen LogP contribution < -0.4 is 0 Å². The molecule has 0 radical (unpaired) electrons. The van der Waals surface area contributed by atoms with Crippen LogP contribution >= 0.6 is 0 Å². The molecule has 0 amide bonds. The Morgan fingerprint density at radius 3 is 2.44 bits per heavy atom. The summed E-state index contributed by atoms with van der Waals surface area (Å²) in [5.41, 5.74) is 1.17. The Hall–Kier alpha value is -2.38. The molecule has 36 heavy (non-hydrogen) atoms. The van der Waals surface area contributed by atoms with Gasteiger partial charge in [-0.25, -0.2) is 4.79 Å². The van der Waals surface area contributed by atoms with E-state index in [-0.39, 0.29) is 36.6 Å². The summed E-state index contributed by atoms with van der Waals surface area (Å²) in [6.07, 6.45) is 7.41. The Morgan fingerprint density at radius 1 is 1.03 bits per heavy atom. The van der Waals surface area contributed by atoms with Crippen molar-refractivity contribution < 1.29 is 34.0 Å². The Bertz CT molecular complexity index is 792. The summed E-state index contributed by atoms with van der Waals surface area (Å²) in [7, 11) is 0. The van der Waals surface area contributed by atoms with E-state index in [1.807, 2.05) is 56.3 Å². The number of carbonyl (C=O) groups excluding carboxylic acids is 2. The zero-order valence-electron chi connectivity index (χ0n) is 22.0. The number of aryl methyl sites for hydroxylation is 1. The van der Waals surface area contributed by atoms with Crippen LogP contribution in [0.5, 0.6) is 0 Å². The van der Waals surface area contributed by atoms with E-state index in [9.17, 15) is 19.8 Å². The monoisotopic (exact) mass is 504 g/mol. The van der Waals surface area contributed by atoms with Crippen molar-refractivity contribution in [2.24, 2.45) is 11.8 Å². The van der Waals surface area contributed by atoms with E-state index in [1.165, 1.54) is 5.56 Å². The number of hydrogen-bond acceptors (Lipinski definition) is 7. The van der Waals surface area contributed by atoms with Crippen LogP contribution in [0.15, 0.2) is 42.5 Å². The van der Waals surface area contributed by atoms with Crippen molar-refractivity contribution in [3.63, 3.8) is 0 Å². The standard InChI is InChI=1S/C29H44O7/c1-4-34-29(33)36-23(17-16-22-12-8-7-9-13-22)18-19-25-24(26(30)20-27(25)31)14-10-5-6-11-15-28(32)35-21(2)3/h5,7-10,12-13,21,23-27,30-31H,4,6,11,14-20H2,1-3H3/b10-5-/t23-,24+,25+,26-,27+/m0/s1. The zero-order chi connectivity index (χ0) is 26.3. The lowest BCUT2D eigenvalue weighted by molar-refractivity contribution is -0.147. The molecule has 5 atom stereocenters. The number of carbonyl (C=O) groups is 2. The molecule has 0 aliphatic heterocycles. The van der Waals surface area contributed by atoms with Gasteiger partial charge in [0.1, 0.15) is 6.10 Å². The predicted molar refractivity (Wildman–Crippen MR) is 138 cm³/mol. The van der Waals surface area contributed by atoms with Crippen molar-refractivity contribution in [2.45, 2.75) is 103 Å². The van der Waals surface area contributed by atoms with E-state index >= 15 is 0 Å². The van der Waals surface area contributed by atoms with Crippen molar-refractivity contribution in [1.29, 1.82) is 0 Å². The van der Waals surface area contributed by atoms with E-state index in [1.54, 1.807) is 6.92 Å². The highest BCUT2D eigenvalue weighted by Gasteiger charge is 2.40. The molecule has 0 spiro atoms. The first kappa shape index (κ1) is 29.8. The fraction of sp³-hybridized carbons (Fsp3) is 0.655. The Morgan fingerprint density at radius 2 is 1.75 bits per heavy atom. The van der Waals surface area contributed by atoms with Gasteiger partial charge in [0.2, 0.25) is 0 Å². The highest BCUT2D eigenvalue weighted by Crippen LogP contribution is 2.38. The lowest BCUT2D eigenvalue weighted by atomic mass is 9.85. The summed E-state index contributed by atoms with van der Waals surface area (Å²) >= 11 is 0. The first-order valence-corrected chi connectivity index (χ1v) is 13.4. The maximum Gasteiger partial charge on any atom is 0.508 e. The van der Waals surface area contributed by atoms with Crippen molar-refractivity contribution in [2.75, 3.05) is 6.61 Å². The third kappa shape index (κ3) is 11.1. The molecule has 1 fully saturated rings. The fourth-order valence-corrected chi connectivity index (χ4v) is 4.86. The van der Waals surface area contributed by atoms with E-state index in [4.69, 9.17) is 14.2 Å². The number of unbranched alkanes of at least 4 members (excludes halogenated alkanes) is 1. The molecule has 0 saturated heterocycles. The van der Waals surface area contributed by atoms with Crippen LogP contribution in [0.4, 0.5) is 4.79 Å². The minimum atomic E-state index is -0.667. The average Bonchev–Trinajstić information content (AvgIpc) is 3.10. The molecule has 1 saturated carbocycles. The van der Waals surface area contributed by atoms with Crippen LogP contribution in [0.2, 0.25) is 0 Å². The van der Waals surface area contributed by atoms with E-state index < -0.39 is 18.4 Å². The number of allylic oxidation sites excluding steroid dienone is 2. The van der Waals surface area contributed by atoms with Gasteiger partial charge in [0.15, 0.2) is 0 Å². The van der Waals surface area contributed by atoms with Gasteiger partial charge in [0.25, 0.3) is 0 Å². The summed E-state index contributed by atoms with van der Waals surface area (Å²) in [6.45, 7) is 5.67. The predicted octanol–water partition coefficient (Wildman–Crippen LogP) is 5.37. The zero-order valence-corrected chi connectivity index (χ0v) is 22.0. The number of ether oxygens (including phenoxy) is 3. The van der Waals surface area contributed by atoms with Crippen molar-refractivity contribution in [3.05, 3.63) is 48.0 Å². The highest BCUT2D eigenvalue weighted by molar-refractivity contribution is 5.69. The molecule has 1 aliphatic rings. The van der Waals surface area contributed by atoms with Crippen LogP contribution in [0.1, 0.15) is 77.7 Å². The molecule has 1 aromatic carbocycles. The van der Waals surface area contributed by atoms with Gasteiger partial charge in [-0.2, -0.15) is 0 Å². The number of aliphatic hydroxyl groups is 2. The number of hydrogen-bond donors (Lipinski definition) is 2. The Labute approximate surface area is 215 Å². The number of rotatable bonds is 15. The van der Waals surface area contributed by atoms with Gasteiger partial charge in [0.05, 0.1) is 24.9 Å². The van der Waals surface area contributed by atoms with Crippen molar-refractivity contribution in [1.82, 2.24) is 0 Å². The number of aliphatic hydroxyl groups excluding tert-OH is 2. The van der Waals surface area contributed by atoms with Crippen molar-refractivity contribution >= 4 is 12.1 Å². The third-order valence-corrected chi connectivity index (χ3v) is 6.66. The van der Waals surface area contributed by atoms with Gasteiger partial charge in [-0.05, 0) is 89.5 Å². The molecule has 2 N–H and O–H groups in total. The Balaban J connectivity index is 1.86. The molecule has 1 aliphatic carbocycles. The van der Waals surface area contributed by atoms with Crippen LogP contribution in [-0.2, 0) is 25.4 Å². The lowest BCUT2D eigenvalue weighted by Gasteiger charge is -2.25. The summed E-state index contributed by atoms with van der Waals surface area (Å²) < 4.78 is 15.7. The van der Waals surface area contributed by atoms with E-state index in [0.29, 0.717) is 38.5 Å². The third-order valence-electron chi connectivity index (χ3n) is 6.66. The molecule has 1 aromatic rings. The molecule has 0 bridgehead atoms. The number of benzene rings is 1. The summed E-state index contributed by atoms with van der Waals surface area (Å²) in [6, 6.07) is 10.0. The second-order valence-corrected chi connectivity index (χ2v) is 9.86. The lowest BCUT2D eigenvalue weighted by Crippen LogP contribution is -2.26. The molecular formula is C29H44O7. The summed E-state index contributed by atoms with van der Waals surface area (Å²) in [4.78, 5) is 23.6. The van der Waals surface area contributed by atoms with Gasteiger partial charge in [0, 0.05) is 6.42 Å². The maximum atomic E-state index is 12.0. The molecular weight excluding hydrogens is 460 g/mol. The normalized spacial score (nSPS) is 22.6. The van der Waals surface area contributed by atoms with E-state index in [0.717, 1.165) is 19.3 Å². The second-order valence-electron chi connectivity index (χ2n) is 9.86. The van der Waals surface area contributed by atoms with Gasteiger partial charge < -0.3 is 24.4 Å². The van der Waals surface area contributed by atoms with Crippen molar-refractivity contribution in [3.8, 4) is 0 Å². The Kier molecular flexibility index (Phi) is 13.6. The smallest absolute Gasteiger partial charge is 0.463 e. The minimum Gasteiger partial charge on any atom is -0.463 e. The second kappa shape index (κ2) is 16.4. The SMILES string of the molecule is CCOC(=O)O[C@@H](CCc1ccccc1)CC[C@@H]1[C@@H](C/C=C\CCCC(=O)OC(C)C)[C@@H](O)C[C@H]1O. The van der Waals surface area contributed by atoms with Gasteiger partial charge >= 0.3 is 12.1 Å². The average molecular weight is 505 g/mol. The first-order valence-electron chi connectivity index (χ1n) is 13.4. The molecule has 2 rings (SSSR count). The quantitative estimate of drug-likeness (QED) is 0.188. The van der Waals surface area contributed by atoms with Crippen LogP contribution in [-0.4, -0.2) is 53.4 Å². The summed E-state index contributed by atoms with van der Waals surface area (Å²) in [5, 5.41) is 21.2. The van der Waals surface area contributed by atoms with Crippen LogP contribution in [0.25, 0.3) is 0 Å². The summed E-state index contributed by atoms with van der Waals surface area (Å²) in [5.74, 6) is -0.310. The molecule has 0 heterocycles. The largest absolute Gasteiger partial charge is 0.508 e. The molecule has 0 unspecified atom stereocenters. The van der Waals surface area contributed by atoms with Gasteiger partial charge in [-0.15, -0.1) is 0 Å². The molecule has 0 aromatic heterocycles. The van der Waals surface area contributed by atoms with E-state index in [2.05, 4.69) is 0 Å². The fourth-order valence-electron chi connectivity index (χ4n) is 4.86.